The second-order valence-corrected chi connectivity index (χ2v) is 10.6. The molecule has 1 amide bonds. The van der Waals surface area contributed by atoms with Crippen molar-refractivity contribution < 1.29 is 33.6 Å². The van der Waals surface area contributed by atoms with Gasteiger partial charge in [0, 0.05) is 25.8 Å². The average Bonchev–Trinajstić information content (AvgIpc) is 3.47. The van der Waals surface area contributed by atoms with Crippen LogP contribution in [0.5, 0.6) is 0 Å². The molecule has 0 bridgehead atoms. The molecule has 35 heavy (non-hydrogen) atoms. The molecular formula is C27H41NO7. The molecule has 0 aliphatic carbocycles. The fourth-order valence-electron chi connectivity index (χ4n) is 4.97. The lowest BCUT2D eigenvalue weighted by atomic mass is 9.88. The number of amides is 1. The number of nitrogens with one attached hydrogen (secondary N) is 1. The molecule has 1 spiro atoms. The van der Waals surface area contributed by atoms with Crippen molar-refractivity contribution in [3.05, 3.63) is 36.0 Å². The summed E-state index contributed by atoms with van der Waals surface area (Å²) < 4.78 is 22.6. The highest BCUT2D eigenvalue weighted by Gasteiger charge is 2.54. The molecule has 3 fully saturated rings. The van der Waals surface area contributed by atoms with Crippen LogP contribution in [0.15, 0.2) is 36.0 Å². The Morgan fingerprint density at radius 3 is 2.63 bits per heavy atom. The number of aliphatic hydroxyl groups is 1. The lowest BCUT2D eigenvalue weighted by Gasteiger charge is -2.39. The summed E-state index contributed by atoms with van der Waals surface area (Å²) in [6.45, 7) is 11.6. The van der Waals surface area contributed by atoms with Crippen LogP contribution in [-0.4, -0.2) is 65.4 Å². The summed E-state index contributed by atoms with van der Waals surface area (Å²) >= 11 is 0. The Kier molecular flexibility index (Phi) is 8.96. The standard InChI is InChI=1S/C27H41NO7/c1-17(7-10-22-14-27(16-32-27)15-26(6,31)35-22)8-11-24-18(2)13-23(20(4)34-24)28-25(30)12-9-19(3)33-21(5)29/h7-10,12,18-20,22-24,31H,11,13-16H2,1-6H3,(H,28,30)/b10-7+,12-9-,17-8+/t18-,19-,20+,22+,23+,24-,26-,27+/m0/s1. The van der Waals surface area contributed by atoms with E-state index in [1.165, 1.54) is 13.0 Å². The van der Waals surface area contributed by atoms with Gasteiger partial charge in [-0.25, -0.2) is 0 Å². The van der Waals surface area contributed by atoms with Gasteiger partial charge in [-0.2, -0.15) is 0 Å². The lowest BCUT2D eigenvalue weighted by Crippen LogP contribution is -2.50. The minimum Gasteiger partial charge on any atom is -0.459 e. The third-order valence-electron chi connectivity index (χ3n) is 6.84. The minimum atomic E-state index is -1.16. The van der Waals surface area contributed by atoms with E-state index in [1.54, 1.807) is 19.9 Å². The van der Waals surface area contributed by atoms with Crippen LogP contribution in [0, 0.1) is 5.92 Å². The van der Waals surface area contributed by atoms with Crippen LogP contribution in [0.3, 0.4) is 0 Å². The minimum absolute atomic E-state index is 0.0656. The number of rotatable bonds is 8. The van der Waals surface area contributed by atoms with Crippen molar-refractivity contribution in [2.45, 2.75) is 109 Å². The predicted molar refractivity (Wildman–Crippen MR) is 131 cm³/mol. The monoisotopic (exact) mass is 491 g/mol. The molecule has 0 unspecified atom stereocenters. The zero-order chi connectivity index (χ0) is 25.8. The van der Waals surface area contributed by atoms with Gasteiger partial charge in [0.15, 0.2) is 5.79 Å². The average molecular weight is 492 g/mol. The van der Waals surface area contributed by atoms with Crippen LogP contribution < -0.4 is 5.32 Å². The Hall–Kier alpha value is -2.00. The third-order valence-corrected chi connectivity index (χ3v) is 6.84. The molecular weight excluding hydrogens is 450 g/mol. The highest BCUT2D eigenvalue weighted by atomic mass is 16.7. The van der Waals surface area contributed by atoms with Crippen molar-refractivity contribution >= 4 is 11.9 Å². The Labute approximate surface area is 208 Å². The van der Waals surface area contributed by atoms with Gasteiger partial charge in [0.25, 0.3) is 0 Å². The van der Waals surface area contributed by atoms with Gasteiger partial charge in [0.2, 0.25) is 5.91 Å². The maximum Gasteiger partial charge on any atom is 0.303 e. The van der Waals surface area contributed by atoms with E-state index in [2.05, 4.69) is 18.3 Å². The lowest BCUT2D eigenvalue weighted by molar-refractivity contribution is -0.244. The normalized spacial score (nSPS) is 38.6. The van der Waals surface area contributed by atoms with Gasteiger partial charge in [-0.3, -0.25) is 9.59 Å². The Balaban J connectivity index is 1.46. The number of ether oxygens (including phenoxy) is 4. The zero-order valence-electron chi connectivity index (χ0n) is 21.8. The van der Waals surface area contributed by atoms with E-state index in [-0.39, 0.29) is 47.7 Å². The Bertz CT molecular complexity index is 852. The van der Waals surface area contributed by atoms with Gasteiger partial charge in [-0.15, -0.1) is 0 Å². The smallest absolute Gasteiger partial charge is 0.303 e. The van der Waals surface area contributed by atoms with E-state index in [0.717, 1.165) is 24.8 Å². The molecule has 0 saturated carbocycles. The summed E-state index contributed by atoms with van der Waals surface area (Å²) in [5.74, 6) is -1.49. The number of esters is 1. The molecule has 8 heteroatoms. The number of allylic oxidation sites excluding steroid dienone is 2. The number of hydrogen-bond acceptors (Lipinski definition) is 7. The SMILES string of the molecule is CC(=O)O[C@@H](C)/C=C\C(=O)N[C@@H]1C[C@H](C)[C@H](C/C=C(C)/C=C/[C@@H]2C[C@]3(CO3)C[C@@](C)(O)O2)O[C@@H]1C. The highest BCUT2D eigenvalue weighted by Crippen LogP contribution is 2.45. The van der Waals surface area contributed by atoms with Crippen molar-refractivity contribution in [2.75, 3.05) is 6.61 Å². The van der Waals surface area contributed by atoms with Gasteiger partial charge in [-0.1, -0.05) is 30.7 Å². The van der Waals surface area contributed by atoms with Crippen LogP contribution in [0.4, 0.5) is 0 Å². The van der Waals surface area contributed by atoms with Crippen molar-refractivity contribution in [3.63, 3.8) is 0 Å². The van der Waals surface area contributed by atoms with Crippen LogP contribution in [0.1, 0.15) is 67.2 Å². The molecule has 0 aromatic rings. The van der Waals surface area contributed by atoms with Gasteiger partial charge in [0.05, 0.1) is 36.6 Å². The fraction of sp³-hybridized carbons (Fsp3) is 0.704. The van der Waals surface area contributed by atoms with Crippen LogP contribution in [0.25, 0.3) is 0 Å². The van der Waals surface area contributed by atoms with Crippen molar-refractivity contribution in [3.8, 4) is 0 Å². The third kappa shape index (κ3) is 8.56. The fourth-order valence-corrected chi connectivity index (χ4v) is 4.97. The van der Waals surface area contributed by atoms with Crippen LogP contribution in [-0.2, 0) is 28.5 Å². The first-order chi connectivity index (χ1) is 16.4. The van der Waals surface area contributed by atoms with Crippen LogP contribution in [0.2, 0.25) is 0 Å². The number of epoxide rings is 1. The largest absolute Gasteiger partial charge is 0.459 e. The summed E-state index contributed by atoms with van der Waals surface area (Å²) in [7, 11) is 0. The van der Waals surface area contributed by atoms with Crippen molar-refractivity contribution in [1.29, 1.82) is 0 Å². The molecule has 196 valence electrons. The van der Waals surface area contributed by atoms with E-state index in [4.69, 9.17) is 18.9 Å². The molecule has 0 radical (unpaired) electrons. The summed E-state index contributed by atoms with van der Waals surface area (Å²) in [5.41, 5.74) is 0.883. The predicted octanol–water partition coefficient (Wildman–Crippen LogP) is 3.34. The van der Waals surface area contributed by atoms with Gasteiger partial charge in [0.1, 0.15) is 6.10 Å². The first-order valence-electron chi connectivity index (χ1n) is 12.6. The molecule has 3 saturated heterocycles. The molecule has 3 aliphatic rings. The summed E-state index contributed by atoms with van der Waals surface area (Å²) in [4.78, 5) is 23.3. The van der Waals surface area contributed by atoms with Crippen molar-refractivity contribution in [1.82, 2.24) is 5.32 Å². The van der Waals surface area contributed by atoms with E-state index in [0.29, 0.717) is 13.0 Å². The second kappa shape index (κ2) is 11.4. The highest BCUT2D eigenvalue weighted by molar-refractivity contribution is 5.87. The molecule has 0 aromatic heterocycles. The summed E-state index contributed by atoms with van der Waals surface area (Å²) in [6, 6.07) is -0.0828. The molecule has 0 aromatic carbocycles. The molecule has 3 heterocycles. The van der Waals surface area contributed by atoms with Crippen LogP contribution >= 0.6 is 0 Å². The molecule has 3 rings (SSSR count). The van der Waals surface area contributed by atoms with E-state index < -0.39 is 11.9 Å². The molecule has 8 nitrogen and oxygen atoms in total. The molecule has 8 atom stereocenters. The topological polar surface area (TPSA) is 107 Å². The summed E-state index contributed by atoms with van der Waals surface area (Å²) in [6.07, 6.45) is 11.4. The summed E-state index contributed by atoms with van der Waals surface area (Å²) in [5, 5.41) is 13.4. The Morgan fingerprint density at radius 2 is 1.97 bits per heavy atom. The first kappa shape index (κ1) is 27.6. The van der Waals surface area contributed by atoms with E-state index in [9.17, 15) is 14.7 Å². The Morgan fingerprint density at radius 1 is 1.26 bits per heavy atom. The maximum absolute atomic E-state index is 12.3. The van der Waals surface area contributed by atoms with E-state index in [1.807, 2.05) is 26.0 Å². The van der Waals surface area contributed by atoms with Gasteiger partial charge >= 0.3 is 5.97 Å². The first-order valence-corrected chi connectivity index (χ1v) is 12.6. The molecule has 3 aliphatic heterocycles. The number of carbonyl (C=O) groups excluding carboxylic acids is 2. The van der Waals surface area contributed by atoms with Crippen molar-refractivity contribution in [2.24, 2.45) is 5.92 Å². The molecule has 2 N–H and O–H groups in total. The van der Waals surface area contributed by atoms with Gasteiger partial charge < -0.3 is 29.4 Å². The zero-order valence-corrected chi connectivity index (χ0v) is 21.8. The number of carbonyl (C=O) groups is 2. The quantitative estimate of drug-likeness (QED) is 0.232. The van der Waals surface area contributed by atoms with E-state index >= 15 is 0 Å². The number of hydrogen-bond donors (Lipinski definition) is 2. The maximum atomic E-state index is 12.3. The van der Waals surface area contributed by atoms with Gasteiger partial charge in [-0.05, 0) is 52.5 Å². The second-order valence-electron chi connectivity index (χ2n) is 10.6.